The predicted molar refractivity (Wildman–Crippen MR) is 122 cm³/mol. The number of fused-ring (bicyclic) bond motifs is 1. The number of benzene rings is 2. The van der Waals surface area contributed by atoms with E-state index in [1.54, 1.807) is 4.68 Å². The van der Waals surface area contributed by atoms with Gasteiger partial charge in [0.2, 0.25) is 5.91 Å². The molecule has 4 rings (SSSR count). The van der Waals surface area contributed by atoms with Crippen molar-refractivity contribution in [1.29, 1.82) is 0 Å². The highest BCUT2D eigenvalue weighted by Gasteiger charge is 2.13. The van der Waals surface area contributed by atoms with Gasteiger partial charge in [-0.3, -0.25) is 14.9 Å². The Kier molecular flexibility index (Phi) is 6.61. The predicted octanol–water partition coefficient (Wildman–Crippen LogP) is 2.62. The Labute approximate surface area is 187 Å². The first-order valence-corrected chi connectivity index (χ1v) is 10.9. The van der Waals surface area contributed by atoms with Crippen LogP contribution in [0, 0.1) is 0 Å². The van der Waals surface area contributed by atoms with Crippen molar-refractivity contribution in [2.75, 3.05) is 5.75 Å². The second-order valence-electron chi connectivity index (χ2n) is 6.82. The number of thioether (sulfide) groups is 1. The Balaban J connectivity index is 1.32. The number of carbonyl (C=O) groups excluding carboxylic acids is 2. The summed E-state index contributed by atoms with van der Waals surface area (Å²) in [4.78, 5) is 43.5. The van der Waals surface area contributed by atoms with Gasteiger partial charge in [0.25, 0.3) is 5.56 Å². The van der Waals surface area contributed by atoms with Gasteiger partial charge < -0.3 is 10.3 Å². The molecule has 0 bridgehead atoms. The fourth-order valence-corrected chi connectivity index (χ4v) is 3.77. The zero-order valence-electron chi connectivity index (χ0n) is 16.9. The van der Waals surface area contributed by atoms with Gasteiger partial charge in [0, 0.05) is 18.7 Å². The maximum absolute atomic E-state index is 12.4. The van der Waals surface area contributed by atoms with Gasteiger partial charge in [-0.05, 0) is 17.7 Å². The third kappa shape index (κ3) is 5.22. The van der Waals surface area contributed by atoms with Crippen molar-refractivity contribution in [3.05, 3.63) is 82.8 Å². The van der Waals surface area contributed by atoms with E-state index in [0.717, 1.165) is 11.3 Å². The number of hydrogen-bond acceptors (Lipinski definition) is 6. The summed E-state index contributed by atoms with van der Waals surface area (Å²) in [6, 6.07) is 18.2. The number of nitrogens with zero attached hydrogens (tertiary/aromatic N) is 3. The molecule has 0 aliphatic rings. The molecule has 2 aromatic carbocycles. The first kappa shape index (κ1) is 21.3. The van der Waals surface area contributed by atoms with Gasteiger partial charge in [0.1, 0.15) is 5.39 Å². The molecule has 0 radical (unpaired) electrons. The monoisotopic (exact) mass is 448 g/mol. The van der Waals surface area contributed by atoms with Crippen molar-refractivity contribution in [2.24, 2.45) is 0 Å². The van der Waals surface area contributed by atoms with Crippen LogP contribution in [0.15, 0.2) is 76.8 Å². The number of nitrogens with one attached hydrogen (secondary N) is 3. The molecule has 10 heteroatoms. The van der Waals surface area contributed by atoms with Gasteiger partial charge in [-0.15, -0.1) is 0 Å². The van der Waals surface area contributed by atoms with Crippen LogP contribution in [0.2, 0.25) is 0 Å². The van der Waals surface area contributed by atoms with Crippen LogP contribution >= 0.6 is 11.8 Å². The first-order chi connectivity index (χ1) is 15.6. The highest BCUT2D eigenvalue weighted by atomic mass is 32.2. The number of urea groups is 1. The van der Waals surface area contributed by atoms with E-state index >= 15 is 0 Å². The van der Waals surface area contributed by atoms with Crippen molar-refractivity contribution in [3.8, 4) is 5.69 Å². The maximum atomic E-state index is 12.4. The van der Waals surface area contributed by atoms with Crippen LogP contribution in [0.4, 0.5) is 4.79 Å². The maximum Gasteiger partial charge on any atom is 0.321 e. The van der Waals surface area contributed by atoms with Crippen molar-refractivity contribution in [3.63, 3.8) is 0 Å². The van der Waals surface area contributed by atoms with Crippen molar-refractivity contribution in [2.45, 2.75) is 18.1 Å². The summed E-state index contributed by atoms with van der Waals surface area (Å²) in [5, 5.41) is 9.95. The number of imide groups is 1. The van der Waals surface area contributed by atoms with Crippen molar-refractivity contribution in [1.82, 2.24) is 30.4 Å². The van der Waals surface area contributed by atoms with Gasteiger partial charge >= 0.3 is 6.03 Å². The average molecular weight is 449 g/mol. The second kappa shape index (κ2) is 9.92. The van der Waals surface area contributed by atoms with Crippen LogP contribution in [0.5, 0.6) is 0 Å². The highest BCUT2D eigenvalue weighted by Crippen LogP contribution is 2.18. The Morgan fingerprint density at radius 2 is 1.75 bits per heavy atom. The molecule has 162 valence electrons. The highest BCUT2D eigenvalue weighted by molar-refractivity contribution is 7.99. The first-order valence-electron chi connectivity index (χ1n) is 9.88. The lowest BCUT2D eigenvalue weighted by atomic mass is 10.2. The van der Waals surface area contributed by atoms with Gasteiger partial charge in [0.15, 0.2) is 10.8 Å². The van der Waals surface area contributed by atoms with Gasteiger partial charge in [-0.2, -0.15) is 5.10 Å². The fraction of sp³-hybridized carbons (Fsp3) is 0.136. The van der Waals surface area contributed by atoms with Gasteiger partial charge in [-0.1, -0.05) is 60.3 Å². The number of hydrogen-bond donors (Lipinski definition) is 3. The van der Waals surface area contributed by atoms with E-state index in [4.69, 9.17) is 0 Å². The normalized spacial score (nSPS) is 10.8. The van der Waals surface area contributed by atoms with Crippen molar-refractivity contribution < 1.29 is 9.59 Å². The van der Waals surface area contributed by atoms with Gasteiger partial charge in [-0.25, -0.2) is 14.5 Å². The number of aromatic amines is 1. The van der Waals surface area contributed by atoms with Crippen LogP contribution in [-0.4, -0.2) is 37.4 Å². The molecule has 0 atom stereocenters. The Bertz CT molecular complexity index is 1290. The number of rotatable bonds is 7. The van der Waals surface area contributed by atoms with E-state index in [1.165, 1.54) is 18.0 Å². The lowest BCUT2D eigenvalue weighted by Gasteiger charge is -2.07. The number of H-pyrrole nitrogens is 1. The second-order valence-corrected chi connectivity index (χ2v) is 7.90. The van der Waals surface area contributed by atoms with E-state index in [0.29, 0.717) is 28.5 Å². The zero-order valence-corrected chi connectivity index (χ0v) is 17.8. The number of aromatic nitrogens is 4. The third-order valence-electron chi connectivity index (χ3n) is 4.53. The summed E-state index contributed by atoms with van der Waals surface area (Å²) in [5.74, 6) is -0.0769. The molecule has 0 saturated carbocycles. The van der Waals surface area contributed by atoms with Gasteiger partial charge in [0.05, 0.1) is 11.9 Å². The molecule has 0 aliphatic carbocycles. The van der Waals surface area contributed by atoms with E-state index in [-0.39, 0.29) is 12.0 Å². The number of para-hydroxylation sites is 1. The smallest absolute Gasteiger partial charge is 0.321 e. The summed E-state index contributed by atoms with van der Waals surface area (Å²) in [6.07, 6.45) is 1.56. The quantitative estimate of drug-likeness (QED) is 0.295. The molecule has 0 saturated heterocycles. The molecule has 0 fully saturated rings. The molecule has 2 aromatic heterocycles. The molecule has 9 nitrogen and oxygen atoms in total. The average Bonchev–Trinajstić information content (AvgIpc) is 3.23. The van der Waals surface area contributed by atoms with Crippen LogP contribution in [0.3, 0.4) is 0 Å². The molecule has 3 N–H and O–H groups in total. The van der Waals surface area contributed by atoms with E-state index < -0.39 is 11.9 Å². The molecular formula is C22H20N6O3S. The summed E-state index contributed by atoms with van der Waals surface area (Å²) in [5.41, 5.74) is 1.86. The lowest BCUT2D eigenvalue weighted by molar-refractivity contribution is -0.119. The third-order valence-corrected chi connectivity index (χ3v) is 5.41. The summed E-state index contributed by atoms with van der Waals surface area (Å²) in [7, 11) is 0. The van der Waals surface area contributed by atoms with Crippen LogP contribution < -0.4 is 16.2 Å². The van der Waals surface area contributed by atoms with Crippen molar-refractivity contribution >= 4 is 34.7 Å². The largest absolute Gasteiger partial charge is 0.334 e. The lowest BCUT2D eigenvalue weighted by Crippen LogP contribution is -2.39. The fourth-order valence-electron chi connectivity index (χ4n) is 2.98. The molecule has 2 heterocycles. The Morgan fingerprint density at radius 1 is 1.03 bits per heavy atom. The summed E-state index contributed by atoms with van der Waals surface area (Å²) in [6.45, 7) is 0.328. The minimum Gasteiger partial charge on any atom is -0.334 e. The summed E-state index contributed by atoms with van der Waals surface area (Å²) < 4.78 is 1.60. The van der Waals surface area contributed by atoms with Crippen LogP contribution in [0.1, 0.15) is 12.0 Å². The molecule has 0 spiro atoms. The Hall–Kier alpha value is -3.92. The van der Waals surface area contributed by atoms with E-state index in [9.17, 15) is 14.4 Å². The zero-order chi connectivity index (χ0) is 22.3. The topological polar surface area (TPSA) is 122 Å². The molecule has 32 heavy (non-hydrogen) atoms. The molecular weight excluding hydrogens is 428 g/mol. The molecule has 0 aliphatic heterocycles. The number of carbonyl (C=O) groups is 2. The molecule has 3 amide bonds. The van der Waals surface area contributed by atoms with Crippen LogP contribution in [-0.2, 0) is 11.3 Å². The standard InChI is InChI=1S/C22H20N6O3S/c29-18(25-21(31)23-13-15-7-3-1-4-8-15)11-12-32-22-26-19-17(20(30)27-22)14-24-28(19)16-9-5-2-6-10-16/h1-10,14H,11-13H2,(H,26,27,30)(H2,23,25,29,31). The van der Waals surface area contributed by atoms with E-state index in [2.05, 4.69) is 25.7 Å². The van der Waals surface area contributed by atoms with Crippen LogP contribution in [0.25, 0.3) is 16.7 Å². The SMILES string of the molecule is O=C(CCSc1nc2c(cnn2-c2ccccc2)c(=O)[nH]1)NC(=O)NCc1ccccc1. The minimum absolute atomic E-state index is 0.0864. The van der Waals surface area contributed by atoms with E-state index in [1.807, 2.05) is 60.7 Å². The number of amides is 3. The minimum atomic E-state index is -0.552. The Morgan fingerprint density at radius 3 is 2.50 bits per heavy atom. The summed E-state index contributed by atoms with van der Waals surface area (Å²) >= 11 is 1.22. The molecule has 4 aromatic rings. The molecule has 0 unspecified atom stereocenters.